The molecule has 0 aliphatic carbocycles. The maximum Gasteiger partial charge on any atom is 0.319 e. The number of carbonyl (C=O) groups excluding carboxylic acids is 1. The highest BCUT2D eigenvalue weighted by Crippen LogP contribution is 2.16. The van der Waals surface area contributed by atoms with E-state index in [9.17, 15) is 4.79 Å². The molecule has 0 spiro atoms. The average Bonchev–Trinajstić information content (AvgIpc) is 3.19. The van der Waals surface area contributed by atoms with Gasteiger partial charge in [-0.1, -0.05) is 24.2 Å². The summed E-state index contributed by atoms with van der Waals surface area (Å²) in [6.45, 7) is 8.40. The Bertz CT molecular complexity index is 913. The van der Waals surface area contributed by atoms with Crippen LogP contribution in [-0.2, 0) is 6.54 Å². The molecule has 0 radical (unpaired) electrons. The zero-order chi connectivity index (χ0) is 19.4. The Kier molecular flexibility index (Phi) is 5.54. The average molecular weight is 368 g/mol. The molecule has 0 aliphatic heterocycles. The minimum atomic E-state index is -0.323. The molecule has 0 fully saturated rings. The number of aryl methyl sites for hydroxylation is 3. The summed E-state index contributed by atoms with van der Waals surface area (Å²) in [6.07, 6.45) is 0.649. The summed E-state index contributed by atoms with van der Waals surface area (Å²) >= 11 is 0. The van der Waals surface area contributed by atoms with E-state index in [2.05, 4.69) is 31.9 Å². The Morgan fingerprint density at radius 3 is 2.52 bits per heavy atom. The summed E-state index contributed by atoms with van der Waals surface area (Å²) < 4.78 is 7.10. The van der Waals surface area contributed by atoms with Crippen molar-refractivity contribution in [3.8, 4) is 0 Å². The molecule has 1 aromatic carbocycles. The van der Waals surface area contributed by atoms with E-state index in [1.54, 1.807) is 6.92 Å². The van der Waals surface area contributed by atoms with Gasteiger partial charge in [-0.25, -0.2) is 4.79 Å². The number of rotatable bonds is 6. The van der Waals surface area contributed by atoms with Gasteiger partial charge in [0.2, 0.25) is 5.89 Å². The zero-order valence-electron chi connectivity index (χ0n) is 16.0. The van der Waals surface area contributed by atoms with Crippen LogP contribution in [0.1, 0.15) is 48.1 Å². The molecular weight excluding hydrogens is 344 g/mol. The van der Waals surface area contributed by atoms with Crippen molar-refractivity contribution in [2.45, 2.75) is 46.7 Å². The summed E-state index contributed by atoms with van der Waals surface area (Å²) in [4.78, 5) is 16.4. The van der Waals surface area contributed by atoms with Gasteiger partial charge in [0.05, 0.1) is 12.2 Å². The Morgan fingerprint density at radius 2 is 1.96 bits per heavy atom. The van der Waals surface area contributed by atoms with Crippen LogP contribution in [0, 0.1) is 20.8 Å². The van der Waals surface area contributed by atoms with Crippen molar-refractivity contribution in [3.05, 3.63) is 59.0 Å². The van der Waals surface area contributed by atoms with Gasteiger partial charge in [0.15, 0.2) is 5.82 Å². The van der Waals surface area contributed by atoms with E-state index in [1.165, 1.54) is 0 Å². The van der Waals surface area contributed by atoms with E-state index in [0.29, 0.717) is 30.4 Å². The number of benzene rings is 1. The standard InChI is InChI=1S/C19H24N6O2/c1-5-17(18-20-14(4)24-27-18)22-19(26)21-16-8-6-15(7-9-16)11-25-13(3)10-12(2)23-25/h6-10,17H,5,11H2,1-4H3,(H2,21,22,26). The molecular formula is C19H24N6O2. The SMILES string of the molecule is CCC(NC(=O)Nc1ccc(Cn2nc(C)cc2C)cc1)c1nc(C)no1. The summed E-state index contributed by atoms with van der Waals surface area (Å²) in [5.41, 5.74) is 3.95. The lowest BCUT2D eigenvalue weighted by Gasteiger charge is -2.14. The molecule has 27 heavy (non-hydrogen) atoms. The topological polar surface area (TPSA) is 97.9 Å². The zero-order valence-corrected chi connectivity index (χ0v) is 16.0. The summed E-state index contributed by atoms with van der Waals surface area (Å²) in [5.74, 6) is 0.953. The predicted octanol–water partition coefficient (Wildman–Crippen LogP) is 3.51. The minimum absolute atomic E-state index is 0.316. The predicted molar refractivity (Wildman–Crippen MR) is 101 cm³/mol. The first-order valence-corrected chi connectivity index (χ1v) is 8.92. The molecule has 3 rings (SSSR count). The Labute approximate surface area is 158 Å². The second kappa shape index (κ2) is 8.03. The third-order valence-electron chi connectivity index (χ3n) is 4.20. The van der Waals surface area contributed by atoms with Gasteiger partial charge in [-0.3, -0.25) is 4.68 Å². The van der Waals surface area contributed by atoms with Crippen molar-refractivity contribution < 1.29 is 9.32 Å². The quantitative estimate of drug-likeness (QED) is 0.694. The second-order valence-corrected chi connectivity index (χ2v) is 6.52. The minimum Gasteiger partial charge on any atom is -0.337 e. The van der Waals surface area contributed by atoms with E-state index in [4.69, 9.17) is 4.52 Å². The van der Waals surface area contributed by atoms with Crippen LogP contribution in [0.5, 0.6) is 0 Å². The Hall–Kier alpha value is -3.16. The highest BCUT2D eigenvalue weighted by molar-refractivity contribution is 5.89. The molecule has 0 bridgehead atoms. The summed E-state index contributed by atoms with van der Waals surface area (Å²) in [6, 6.07) is 9.11. The highest BCUT2D eigenvalue weighted by atomic mass is 16.5. The lowest BCUT2D eigenvalue weighted by atomic mass is 10.2. The molecule has 0 saturated carbocycles. The monoisotopic (exact) mass is 368 g/mol. The maximum atomic E-state index is 12.3. The van der Waals surface area contributed by atoms with Gasteiger partial charge in [-0.15, -0.1) is 0 Å². The van der Waals surface area contributed by atoms with Gasteiger partial charge < -0.3 is 15.2 Å². The van der Waals surface area contributed by atoms with Crippen LogP contribution in [-0.4, -0.2) is 26.0 Å². The molecule has 8 nitrogen and oxygen atoms in total. The molecule has 8 heteroatoms. The number of hydrogen-bond acceptors (Lipinski definition) is 5. The molecule has 142 valence electrons. The van der Waals surface area contributed by atoms with Crippen molar-refractivity contribution in [2.24, 2.45) is 0 Å². The molecule has 0 aliphatic rings. The number of anilines is 1. The van der Waals surface area contributed by atoms with E-state index >= 15 is 0 Å². The van der Waals surface area contributed by atoms with Gasteiger partial charge in [0.25, 0.3) is 0 Å². The van der Waals surface area contributed by atoms with Gasteiger partial charge in [-0.2, -0.15) is 10.1 Å². The fraction of sp³-hybridized carbons (Fsp3) is 0.368. The first-order valence-electron chi connectivity index (χ1n) is 8.92. The molecule has 2 heterocycles. The first kappa shape index (κ1) is 18.6. The van der Waals surface area contributed by atoms with Gasteiger partial charge >= 0.3 is 6.03 Å². The first-order chi connectivity index (χ1) is 12.9. The molecule has 1 atom stereocenters. The van der Waals surface area contributed by atoms with Crippen LogP contribution in [0.15, 0.2) is 34.9 Å². The molecule has 2 aromatic heterocycles. The third kappa shape index (κ3) is 4.72. The largest absolute Gasteiger partial charge is 0.337 e. The number of nitrogens with zero attached hydrogens (tertiary/aromatic N) is 4. The highest BCUT2D eigenvalue weighted by Gasteiger charge is 2.18. The van der Waals surface area contributed by atoms with E-state index < -0.39 is 0 Å². The summed E-state index contributed by atoms with van der Waals surface area (Å²) in [5, 5.41) is 13.9. The van der Waals surface area contributed by atoms with Gasteiger partial charge in [0.1, 0.15) is 6.04 Å². The molecule has 0 saturated heterocycles. The van der Waals surface area contributed by atoms with Crippen LogP contribution in [0.25, 0.3) is 0 Å². The number of nitrogens with one attached hydrogen (secondary N) is 2. The van der Waals surface area contributed by atoms with Crippen molar-refractivity contribution in [1.29, 1.82) is 0 Å². The molecule has 2 amide bonds. The van der Waals surface area contributed by atoms with Crippen molar-refractivity contribution in [2.75, 3.05) is 5.32 Å². The molecule has 3 aromatic rings. The van der Waals surface area contributed by atoms with Crippen molar-refractivity contribution in [3.63, 3.8) is 0 Å². The van der Waals surface area contributed by atoms with Crippen molar-refractivity contribution >= 4 is 11.7 Å². The third-order valence-corrected chi connectivity index (χ3v) is 4.20. The molecule has 1 unspecified atom stereocenters. The Balaban J connectivity index is 1.58. The fourth-order valence-corrected chi connectivity index (χ4v) is 2.82. The van der Waals surface area contributed by atoms with Crippen LogP contribution < -0.4 is 10.6 Å². The fourth-order valence-electron chi connectivity index (χ4n) is 2.82. The summed E-state index contributed by atoms with van der Waals surface area (Å²) in [7, 11) is 0. The van der Waals surface area contributed by atoms with Crippen LogP contribution in [0.3, 0.4) is 0 Å². The van der Waals surface area contributed by atoms with E-state index in [0.717, 1.165) is 17.0 Å². The van der Waals surface area contributed by atoms with Crippen LogP contribution >= 0.6 is 0 Å². The molecule has 2 N–H and O–H groups in total. The number of hydrogen-bond donors (Lipinski definition) is 2. The number of carbonyl (C=O) groups is 1. The normalized spacial score (nSPS) is 12.0. The van der Waals surface area contributed by atoms with Crippen LogP contribution in [0.2, 0.25) is 0 Å². The van der Waals surface area contributed by atoms with Crippen LogP contribution in [0.4, 0.5) is 10.5 Å². The smallest absolute Gasteiger partial charge is 0.319 e. The van der Waals surface area contributed by atoms with Gasteiger partial charge in [-0.05, 0) is 51.0 Å². The van der Waals surface area contributed by atoms with E-state index in [-0.39, 0.29) is 12.1 Å². The number of aromatic nitrogens is 4. The number of amides is 2. The van der Waals surface area contributed by atoms with Gasteiger partial charge in [0, 0.05) is 11.4 Å². The van der Waals surface area contributed by atoms with Crippen molar-refractivity contribution in [1.82, 2.24) is 25.2 Å². The number of urea groups is 1. The lowest BCUT2D eigenvalue weighted by Crippen LogP contribution is -2.32. The maximum absolute atomic E-state index is 12.3. The second-order valence-electron chi connectivity index (χ2n) is 6.52. The lowest BCUT2D eigenvalue weighted by molar-refractivity contribution is 0.243. The Morgan fingerprint density at radius 1 is 1.22 bits per heavy atom. The van der Waals surface area contributed by atoms with E-state index in [1.807, 2.05) is 49.7 Å².